The molecular weight excluding hydrogens is 465 g/mol. The van der Waals surface area contributed by atoms with Crippen LogP contribution < -0.4 is 10.6 Å². The first-order valence-corrected chi connectivity index (χ1v) is 9.88. The molecule has 0 atom stereocenters. The maximum absolute atomic E-state index is 4.37. The van der Waals surface area contributed by atoms with Gasteiger partial charge in [0, 0.05) is 52.2 Å². The molecule has 1 aliphatic rings. The summed E-state index contributed by atoms with van der Waals surface area (Å²) in [7, 11) is 1.83. The third-order valence-corrected chi connectivity index (χ3v) is 5.06. The maximum atomic E-state index is 4.37. The van der Waals surface area contributed by atoms with Crippen molar-refractivity contribution >= 4 is 29.9 Å². The number of hydrogen-bond acceptors (Lipinski definition) is 4. The van der Waals surface area contributed by atoms with Crippen molar-refractivity contribution in [3.8, 4) is 0 Å². The lowest BCUT2D eigenvalue weighted by molar-refractivity contribution is 0.198. The monoisotopic (exact) mass is 497 g/mol. The van der Waals surface area contributed by atoms with Gasteiger partial charge in [0.25, 0.3) is 0 Å². The third kappa shape index (κ3) is 6.73. The molecule has 1 aromatic heterocycles. The van der Waals surface area contributed by atoms with Crippen molar-refractivity contribution in [1.29, 1.82) is 0 Å². The second-order valence-electron chi connectivity index (χ2n) is 6.97. The van der Waals surface area contributed by atoms with Crippen LogP contribution in [-0.2, 0) is 19.5 Å². The van der Waals surface area contributed by atoms with Crippen LogP contribution in [0.4, 0.5) is 0 Å². The summed E-state index contributed by atoms with van der Waals surface area (Å²) in [5.74, 6) is 1.90. The van der Waals surface area contributed by atoms with Crippen LogP contribution in [0.3, 0.4) is 0 Å². The zero-order valence-electron chi connectivity index (χ0n) is 16.8. The van der Waals surface area contributed by atoms with Crippen molar-refractivity contribution in [2.45, 2.75) is 45.3 Å². The van der Waals surface area contributed by atoms with Crippen LogP contribution in [0.5, 0.6) is 0 Å². The van der Waals surface area contributed by atoms with E-state index in [9.17, 15) is 0 Å². The second kappa shape index (κ2) is 12.0. The van der Waals surface area contributed by atoms with E-state index in [0.29, 0.717) is 6.04 Å². The van der Waals surface area contributed by atoms with E-state index >= 15 is 0 Å². The zero-order valence-corrected chi connectivity index (χ0v) is 19.2. The molecule has 2 heterocycles. The Morgan fingerprint density at radius 3 is 2.64 bits per heavy atom. The number of aryl methyl sites for hydroxylation is 1. The molecule has 0 radical (unpaired) electrons. The lowest BCUT2D eigenvalue weighted by Gasteiger charge is -2.33. The predicted molar refractivity (Wildman–Crippen MR) is 124 cm³/mol. The topological polar surface area (TPSA) is 70.4 Å². The van der Waals surface area contributed by atoms with E-state index in [1.165, 1.54) is 5.56 Å². The molecular formula is C20H32IN7. The van der Waals surface area contributed by atoms with Crippen LogP contribution in [0.2, 0.25) is 0 Å². The number of nitrogens with one attached hydrogen (secondary N) is 2. The van der Waals surface area contributed by atoms with Crippen molar-refractivity contribution in [2.75, 3.05) is 26.7 Å². The Balaban J connectivity index is 0.00000280. The van der Waals surface area contributed by atoms with Crippen molar-refractivity contribution in [2.24, 2.45) is 4.99 Å². The molecule has 1 saturated heterocycles. The van der Waals surface area contributed by atoms with Gasteiger partial charge in [0.1, 0.15) is 12.2 Å². The number of guanidine groups is 1. The second-order valence-corrected chi connectivity index (χ2v) is 6.97. The van der Waals surface area contributed by atoms with Crippen molar-refractivity contribution < 1.29 is 0 Å². The average Bonchev–Trinajstić information content (AvgIpc) is 3.17. The molecule has 0 spiro atoms. The molecule has 0 amide bonds. The minimum atomic E-state index is 0. The fourth-order valence-corrected chi connectivity index (χ4v) is 3.50. The smallest absolute Gasteiger partial charge is 0.191 e. The van der Waals surface area contributed by atoms with Gasteiger partial charge in [-0.1, -0.05) is 37.3 Å². The minimum Gasteiger partial charge on any atom is -0.355 e. The molecule has 0 aliphatic carbocycles. The molecule has 1 aliphatic heterocycles. The Bertz CT molecular complexity index is 708. The normalized spacial score (nSPS) is 15.9. The van der Waals surface area contributed by atoms with Gasteiger partial charge in [-0.15, -0.1) is 34.2 Å². The standard InChI is InChI=1S/C20H31N7.HI/c1-3-19-25-23-16-27(19)14-11-22-20(21-2)24-18-9-12-26(13-10-18)15-17-7-5-4-6-8-17;/h4-8,16,18H,3,9-15H2,1-2H3,(H2,21,22,24);1H. The number of hydrogen-bond donors (Lipinski definition) is 2. The van der Waals surface area contributed by atoms with Gasteiger partial charge in [0.05, 0.1) is 0 Å². The largest absolute Gasteiger partial charge is 0.355 e. The Morgan fingerprint density at radius 1 is 1.21 bits per heavy atom. The highest BCUT2D eigenvalue weighted by molar-refractivity contribution is 14.0. The predicted octanol–water partition coefficient (Wildman–Crippen LogP) is 2.29. The summed E-state index contributed by atoms with van der Waals surface area (Å²) in [5, 5.41) is 15.1. The van der Waals surface area contributed by atoms with Gasteiger partial charge < -0.3 is 15.2 Å². The van der Waals surface area contributed by atoms with E-state index < -0.39 is 0 Å². The third-order valence-electron chi connectivity index (χ3n) is 5.06. The lowest BCUT2D eigenvalue weighted by Crippen LogP contribution is -2.49. The van der Waals surface area contributed by atoms with Crippen LogP contribution in [-0.4, -0.2) is 58.3 Å². The zero-order chi connectivity index (χ0) is 18.9. The van der Waals surface area contributed by atoms with Gasteiger partial charge >= 0.3 is 0 Å². The van der Waals surface area contributed by atoms with Crippen molar-refractivity contribution in [1.82, 2.24) is 30.3 Å². The van der Waals surface area contributed by atoms with E-state index in [1.54, 1.807) is 6.33 Å². The van der Waals surface area contributed by atoms with E-state index in [1.807, 2.05) is 7.05 Å². The number of aliphatic imine (C=N–C) groups is 1. The molecule has 0 saturated carbocycles. The molecule has 1 fully saturated rings. The van der Waals surface area contributed by atoms with Gasteiger partial charge in [-0.25, -0.2) is 0 Å². The molecule has 1 aromatic carbocycles. The van der Waals surface area contributed by atoms with Gasteiger partial charge in [-0.3, -0.25) is 9.89 Å². The number of aromatic nitrogens is 3. The number of benzene rings is 1. The quantitative estimate of drug-likeness (QED) is 0.349. The fourth-order valence-electron chi connectivity index (χ4n) is 3.50. The van der Waals surface area contributed by atoms with Crippen LogP contribution in [0, 0.1) is 0 Å². The summed E-state index contributed by atoms with van der Waals surface area (Å²) in [4.78, 5) is 6.90. The van der Waals surface area contributed by atoms with Crippen LogP contribution in [0.15, 0.2) is 41.7 Å². The first-order chi connectivity index (χ1) is 13.3. The fraction of sp³-hybridized carbons (Fsp3) is 0.550. The summed E-state index contributed by atoms with van der Waals surface area (Å²) in [5.41, 5.74) is 1.39. The minimum absolute atomic E-state index is 0. The molecule has 154 valence electrons. The van der Waals surface area contributed by atoms with E-state index in [0.717, 1.165) is 63.8 Å². The molecule has 2 aromatic rings. The number of likely N-dealkylation sites (tertiary alicyclic amines) is 1. The Morgan fingerprint density at radius 2 is 1.96 bits per heavy atom. The van der Waals surface area contributed by atoms with E-state index in [2.05, 4.69) is 72.5 Å². The van der Waals surface area contributed by atoms with Crippen LogP contribution in [0.25, 0.3) is 0 Å². The van der Waals surface area contributed by atoms with E-state index in [-0.39, 0.29) is 24.0 Å². The summed E-state index contributed by atoms with van der Waals surface area (Å²) >= 11 is 0. The summed E-state index contributed by atoms with van der Waals surface area (Å²) in [6.07, 6.45) is 4.96. The van der Waals surface area contributed by atoms with E-state index in [4.69, 9.17) is 0 Å². The average molecular weight is 497 g/mol. The number of piperidine rings is 1. The molecule has 3 rings (SSSR count). The molecule has 28 heavy (non-hydrogen) atoms. The highest BCUT2D eigenvalue weighted by Crippen LogP contribution is 2.13. The van der Waals surface area contributed by atoms with Crippen LogP contribution >= 0.6 is 24.0 Å². The highest BCUT2D eigenvalue weighted by Gasteiger charge is 2.20. The lowest BCUT2D eigenvalue weighted by atomic mass is 10.0. The molecule has 0 unspecified atom stereocenters. The Labute approximate surface area is 185 Å². The van der Waals surface area contributed by atoms with Crippen molar-refractivity contribution in [3.63, 3.8) is 0 Å². The highest BCUT2D eigenvalue weighted by atomic mass is 127. The molecule has 0 bridgehead atoms. The summed E-state index contributed by atoms with van der Waals surface area (Å²) in [6, 6.07) is 11.2. The Kier molecular flexibility index (Phi) is 9.69. The maximum Gasteiger partial charge on any atom is 0.191 e. The van der Waals surface area contributed by atoms with Crippen molar-refractivity contribution in [3.05, 3.63) is 48.0 Å². The van der Waals surface area contributed by atoms with Gasteiger partial charge in [-0.05, 0) is 18.4 Å². The first-order valence-electron chi connectivity index (χ1n) is 9.88. The SMILES string of the molecule is CCc1nncn1CCNC(=NC)NC1CCN(Cc2ccccc2)CC1.I. The van der Waals surface area contributed by atoms with Gasteiger partial charge in [-0.2, -0.15) is 0 Å². The number of rotatable bonds is 7. The first kappa shape index (κ1) is 22.6. The molecule has 8 heteroatoms. The molecule has 2 N–H and O–H groups in total. The Hall–Kier alpha value is -1.68. The summed E-state index contributed by atoms with van der Waals surface area (Å²) in [6.45, 7) is 7.01. The number of halogens is 1. The van der Waals surface area contributed by atoms with Crippen LogP contribution in [0.1, 0.15) is 31.2 Å². The van der Waals surface area contributed by atoms with Gasteiger partial charge in [0.15, 0.2) is 5.96 Å². The summed E-state index contributed by atoms with van der Waals surface area (Å²) < 4.78 is 2.09. The molecule has 7 nitrogen and oxygen atoms in total. The van der Waals surface area contributed by atoms with Gasteiger partial charge in [0.2, 0.25) is 0 Å². The number of nitrogens with zero attached hydrogens (tertiary/aromatic N) is 5.